The number of benzene rings is 1. The number of carboxylic acids is 1. The van der Waals surface area contributed by atoms with Crippen molar-refractivity contribution in [2.75, 3.05) is 18.0 Å². The molecule has 21 heavy (non-hydrogen) atoms. The number of carbonyl (C=O) groups is 1. The molecule has 1 heterocycles. The van der Waals surface area contributed by atoms with Crippen LogP contribution in [0.15, 0.2) is 18.2 Å². The van der Waals surface area contributed by atoms with E-state index in [4.69, 9.17) is 0 Å². The molecule has 114 valence electrons. The molecule has 1 saturated heterocycles. The van der Waals surface area contributed by atoms with Crippen LogP contribution in [-0.2, 0) is 0 Å². The number of hydrogen-bond acceptors (Lipinski definition) is 5. The van der Waals surface area contributed by atoms with Gasteiger partial charge in [-0.2, -0.15) is 0 Å². The zero-order valence-corrected chi connectivity index (χ0v) is 11.8. The Balaban J connectivity index is 2.46. The van der Waals surface area contributed by atoms with Crippen LogP contribution >= 0.6 is 0 Å². The van der Waals surface area contributed by atoms with Gasteiger partial charge in [0, 0.05) is 19.2 Å². The number of nitrogens with zero attached hydrogens (tertiary/aromatic N) is 2. The van der Waals surface area contributed by atoms with Crippen molar-refractivity contribution >= 4 is 17.3 Å². The summed E-state index contributed by atoms with van der Waals surface area (Å²) in [5.41, 5.74) is -0.975. The SMILES string of the molecule is CC1(O)CCCN(c2c(C(=O)O)cccc2[N+](=O)[O-])CC1. The lowest BCUT2D eigenvalue weighted by atomic mass is 9.98. The standard InChI is InChI=1S/C14H18N2O5/c1-14(19)6-3-8-15(9-7-14)12-10(13(17)18)4-2-5-11(12)16(20)21/h2,4-5,19H,3,6-9H2,1H3,(H,17,18). The minimum absolute atomic E-state index is 0.0780. The number of rotatable bonds is 3. The van der Waals surface area contributed by atoms with Gasteiger partial charge in [-0.15, -0.1) is 0 Å². The molecule has 1 atom stereocenters. The fraction of sp³-hybridized carbons (Fsp3) is 0.500. The lowest BCUT2D eigenvalue weighted by molar-refractivity contribution is -0.384. The van der Waals surface area contributed by atoms with Gasteiger partial charge in [0.25, 0.3) is 5.69 Å². The van der Waals surface area contributed by atoms with Crippen LogP contribution in [0.1, 0.15) is 36.5 Å². The highest BCUT2D eigenvalue weighted by molar-refractivity contribution is 5.97. The molecule has 1 unspecified atom stereocenters. The summed E-state index contributed by atoms with van der Waals surface area (Å²) < 4.78 is 0. The summed E-state index contributed by atoms with van der Waals surface area (Å²) in [5, 5.41) is 30.6. The number of carboxylic acid groups (broad SMARTS) is 1. The molecule has 0 radical (unpaired) electrons. The third-order valence-electron chi connectivity index (χ3n) is 3.82. The Morgan fingerprint density at radius 1 is 1.38 bits per heavy atom. The zero-order chi connectivity index (χ0) is 15.6. The van der Waals surface area contributed by atoms with E-state index in [1.165, 1.54) is 18.2 Å². The summed E-state index contributed by atoms with van der Waals surface area (Å²) in [6.45, 7) is 2.60. The first kappa shape index (κ1) is 15.2. The van der Waals surface area contributed by atoms with Gasteiger partial charge in [0.15, 0.2) is 0 Å². The molecule has 2 rings (SSSR count). The molecule has 7 nitrogen and oxygen atoms in total. The summed E-state index contributed by atoms with van der Waals surface area (Å²) in [7, 11) is 0. The summed E-state index contributed by atoms with van der Waals surface area (Å²) in [6.07, 6.45) is 1.68. The Kier molecular flexibility index (Phi) is 4.13. The molecule has 0 amide bonds. The van der Waals surface area contributed by atoms with E-state index < -0.39 is 16.5 Å². The average Bonchev–Trinajstić information content (AvgIpc) is 2.58. The first-order chi connectivity index (χ1) is 9.82. The van der Waals surface area contributed by atoms with Crippen molar-refractivity contribution in [3.8, 4) is 0 Å². The van der Waals surface area contributed by atoms with Crippen molar-refractivity contribution in [1.82, 2.24) is 0 Å². The Morgan fingerprint density at radius 3 is 2.71 bits per heavy atom. The molecule has 0 aromatic heterocycles. The van der Waals surface area contributed by atoms with E-state index >= 15 is 0 Å². The van der Waals surface area contributed by atoms with Crippen LogP contribution in [0, 0.1) is 10.1 Å². The molecule has 1 aliphatic rings. The molecule has 7 heteroatoms. The molecular formula is C14H18N2O5. The Bertz CT molecular complexity index is 538. The normalized spacial score (nSPS) is 22.7. The fourth-order valence-electron chi connectivity index (χ4n) is 2.67. The van der Waals surface area contributed by atoms with E-state index in [1.807, 2.05) is 0 Å². The van der Waals surface area contributed by atoms with Gasteiger partial charge in [-0.3, -0.25) is 10.1 Å². The summed E-state index contributed by atoms with van der Waals surface area (Å²) in [5.74, 6) is -1.19. The van der Waals surface area contributed by atoms with Crippen molar-refractivity contribution in [2.24, 2.45) is 0 Å². The van der Waals surface area contributed by atoms with Gasteiger partial charge in [-0.05, 0) is 32.3 Å². The fourth-order valence-corrected chi connectivity index (χ4v) is 2.67. The van der Waals surface area contributed by atoms with Crippen molar-refractivity contribution in [3.63, 3.8) is 0 Å². The van der Waals surface area contributed by atoms with E-state index in [0.717, 1.165) is 0 Å². The first-order valence-electron chi connectivity index (χ1n) is 6.80. The van der Waals surface area contributed by atoms with Crippen LogP contribution < -0.4 is 4.90 Å². The van der Waals surface area contributed by atoms with Crippen LogP contribution in [-0.4, -0.2) is 39.8 Å². The van der Waals surface area contributed by atoms with E-state index in [2.05, 4.69) is 0 Å². The Labute approximate surface area is 122 Å². The predicted octanol–water partition coefficient (Wildman–Crippen LogP) is 2.03. The number of aliphatic hydroxyl groups is 1. The summed E-state index contributed by atoms with van der Waals surface area (Å²) >= 11 is 0. The van der Waals surface area contributed by atoms with Gasteiger partial charge in [-0.1, -0.05) is 6.07 Å². The molecule has 0 aliphatic carbocycles. The zero-order valence-electron chi connectivity index (χ0n) is 11.8. The largest absolute Gasteiger partial charge is 0.478 e. The predicted molar refractivity (Wildman–Crippen MR) is 76.7 cm³/mol. The van der Waals surface area contributed by atoms with Gasteiger partial charge in [-0.25, -0.2) is 4.79 Å². The second-order valence-corrected chi connectivity index (χ2v) is 5.57. The summed E-state index contributed by atoms with van der Waals surface area (Å²) in [6, 6.07) is 4.05. The van der Waals surface area contributed by atoms with Crippen LogP contribution in [0.5, 0.6) is 0 Å². The van der Waals surface area contributed by atoms with Gasteiger partial charge >= 0.3 is 5.97 Å². The summed E-state index contributed by atoms with van der Waals surface area (Å²) in [4.78, 5) is 23.7. The van der Waals surface area contributed by atoms with Crippen LogP contribution in [0.3, 0.4) is 0 Å². The Morgan fingerprint density at radius 2 is 2.10 bits per heavy atom. The second-order valence-electron chi connectivity index (χ2n) is 5.57. The monoisotopic (exact) mass is 294 g/mol. The lowest BCUT2D eigenvalue weighted by Crippen LogP contribution is -2.29. The lowest BCUT2D eigenvalue weighted by Gasteiger charge is -2.25. The minimum Gasteiger partial charge on any atom is -0.478 e. The topological polar surface area (TPSA) is 104 Å². The highest BCUT2D eigenvalue weighted by atomic mass is 16.6. The minimum atomic E-state index is -1.19. The smallest absolute Gasteiger partial charge is 0.338 e. The highest BCUT2D eigenvalue weighted by Gasteiger charge is 2.30. The van der Waals surface area contributed by atoms with E-state index in [1.54, 1.807) is 11.8 Å². The van der Waals surface area contributed by atoms with E-state index in [-0.39, 0.29) is 16.9 Å². The number of aromatic carboxylic acids is 1. The van der Waals surface area contributed by atoms with Crippen molar-refractivity contribution in [3.05, 3.63) is 33.9 Å². The molecule has 0 bridgehead atoms. The van der Waals surface area contributed by atoms with Gasteiger partial charge in [0.2, 0.25) is 0 Å². The number of hydrogen-bond donors (Lipinski definition) is 2. The molecule has 0 saturated carbocycles. The number of nitro groups is 1. The van der Waals surface area contributed by atoms with Crippen molar-refractivity contribution in [1.29, 1.82) is 0 Å². The number of anilines is 1. The van der Waals surface area contributed by atoms with Crippen LogP contribution in [0.25, 0.3) is 0 Å². The maximum absolute atomic E-state index is 11.4. The molecule has 1 aliphatic heterocycles. The van der Waals surface area contributed by atoms with Gasteiger partial charge < -0.3 is 15.1 Å². The molecule has 1 aromatic carbocycles. The quantitative estimate of drug-likeness (QED) is 0.653. The average molecular weight is 294 g/mol. The maximum Gasteiger partial charge on any atom is 0.338 e. The number of para-hydroxylation sites is 1. The molecule has 1 aromatic rings. The van der Waals surface area contributed by atoms with Crippen LogP contribution in [0.4, 0.5) is 11.4 Å². The molecular weight excluding hydrogens is 276 g/mol. The molecule has 0 spiro atoms. The second kappa shape index (κ2) is 5.69. The molecule has 2 N–H and O–H groups in total. The van der Waals surface area contributed by atoms with E-state index in [0.29, 0.717) is 32.4 Å². The first-order valence-corrected chi connectivity index (χ1v) is 6.80. The maximum atomic E-state index is 11.4. The van der Waals surface area contributed by atoms with Gasteiger partial charge in [0.05, 0.1) is 16.1 Å². The van der Waals surface area contributed by atoms with E-state index in [9.17, 15) is 25.1 Å². The van der Waals surface area contributed by atoms with Crippen LogP contribution in [0.2, 0.25) is 0 Å². The number of nitro benzene ring substituents is 1. The van der Waals surface area contributed by atoms with Gasteiger partial charge in [0.1, 0.15) is 5.69 Å². The third kappa shape index (κ3) is 3.30. The highest BCUT2D eigenvalue weighted by Crippen LogP contribution is 2.34. The van der Waals surface area contributed by atoms with Crippen molar-refractivity contribution < 1.29 is 19.9 Å². The Hall–Kier alpha value is -2.15. The van der Waals surface area contributed by atoms with Crippen molar-refractivity contribution in [2.45, 2.75) is 31.8 Å². The third-order valence-corrected chi connectivity index (χ3v) is 3.82. The molecule has 1 fully saturated rings.